The van der Waals surface area contributed by atoms with Crippen LogP contribution in [0.3, 0.4) is 0 Å². The first-order valence-electron chi connectivity index (χ1n) is 7.22. The van der Waals surface area contributed by atoms with E-state index in [9.17, 15) is 4.79 Å². The first-order chi connectivity index (χ1) is 10.9. The number of nitrogens with zero attached hydrogens (tertiary/aromatic N) is 1. The van der Waals surface area contributed by atoms with Gasteiger partial charge in [0.05, 0.1) is 11.6 Å². The number of carbonyl (C=O) groups is 1. The van der Waals surface area contributed by atoms with Crippen LogP contribution in [0.25, 0.3) is 0 Å². The Balaban J connectivity index is 1.98. The van der Waals surface area contributed by atoms with Crippen molar-refractivity contribution in [2.75, 3.05) is 6.54 Å². The van der Waals surface area contributed by atoms with Gasteiger partial charge in [0, 0.05) is 17.6 Å². The molecule has 0 unspecified atom stereocenters. The van der Waals surface area contributed by atoms with Crippen molar-refractivity contribution in [1.82, 2.24) is 5.32 Å². The number of hydrogen-bond donors (Lipinski definition) is 2. The van der Waals surface area contributed by atoms with E-state index < -0.39 is 5.54 Å². The van der Waals surface area contributed by atoms with Crippen molar-refractivity contribution in [1.29, 1.82) is 5.26 Å². The topological polar surface area (TPSA) is 88.1 Å². The van der Waals surface area contributed by atoms with Crippen LogP contribution >= 0.6 is 0 Å². The molecule has 0 radical (unpaired) electrons. The highest BCUT2D eigenvalue weighted by Gasteiger charge is 2.13. The van der Waals surface area contributed by atoms with Gasteiger partial charge in [-0.3, -0.25) is 4.79 Å². The van der Waals surface area contributed by atoms with Crippen molar-refractivity contribution in [3.05, 3.63) is 59.7 Å². The molecule has 5 heteroatoms. The highest BCUT2D eigenvalue weighted by Crippen LogP contribution is 2.22. The molecule has 0 aliphatic rings. The lowest BCUT2D eigenvalue weighted by Gasteiger charge is -2.18. The SMILES string of the molecule is CC(C)(N)CNC(=O)c1ccc(Oc2ccc(C#N)cc2)cc1. The summed E-state index contributed by atoms with van der Waals surface area (Å²) in [5.41, 5.74) is 6.51. The third-order valence-corrected chi connectivity index (χ3v) is 3.04. The molecule has 0 saturated carbocycles. The van der Waals surface area contributed by atoms with Crippen LogP contribution in [0.5, 0.6) is 11.5 Å². The number of benzene rings is 2. The van der Waals surface area contributed by atoms with Crippen molar-refractivity contribution in [3.8, 4) is 17.6 Å². The molecule has 0 aliphatic heterocycles. The van der Waals surface area contributed by atoms with Crippen molar-refractivity contribution in [2.45, 2.75) is 19.4 Å². The third kappa shape index (κ3) is 5.13. The summed E-state index contributed by atoms with van der Waals surface area (Å²) in [6.45, 7) is 4.10. The van der Waals surface area contributed by atoms with E-state index in [1.54, 1.807) is 48.5 Å². The minimum Gasteiger partial charge on any atom is -0.457 e. The number of ether oxygens (including phenoxy) is 1. The van der Waals surface area contributed by atoms with E-state index in [0.717, 1.165) is 0 Å². The van der Waals surface area contributed by atoms with E-state index in [0.29, 0.717) is 29.2 Å². The zero-order valence-corrected chi connectivity index (χ0v) is 13.2. The van der Waals surface area contributed by atoms with Gasteiger partial charge in [0.25, 0.3) is 5.91 Å². The summed E-state index contributed by atoms with van der Waals surface area (Å²) in [7, 11) is 0. The van der Waals surface area contributed by atoms with Crippen molar-refractivity contribution < 1.29 is 9.53 Å². The standard InChI is InChI=1S/C18H19N3O2/c1-18(2,20)12-21-17(22)14-5-9-16(10-6-14)23-15-7-3-13(11-19)4-8-15/h3-10H,12,20H2,1-2H3,(H,21,22). The van der Waals surface area contributed by atoms with E-state index in [1.807, 2.05) is 13.8 Å². The average Bonchev–Trinajstić information content (AvgIpc) is 2.53. The van der Waals surface area contributed by atoms with E-state index >= 15 is 0 Å². The van der Waals surface area contributed by atoms with Gasteiger partial charge in [0.15, 0.2) is 0 Å². The lowest BCUT2D eigenvalue weighted by Crippen LogP contribution is -2.45. The van der Waals surface area contributed by atoms with Gasteiger partial charge in [-0.2, -0.15) is 5.26 Å². The van der Waals surface area contributed by atoms with Gasteiger partial charge in [-0.25, -0.2) is 0 Å². The second kappa shape index (κ2) is 6.95. The van der Waals surface area contributed by atoms with E-state index in [1.165, 1.54) is 0 Å². The normalized spacial score (nSPS) is 10.7. The van der Waals surface area contributed by atoms with Crippen molar-refractivity contribution in [2.24, 2.45) is 5.73 Å². The fourth-order valence-corrected chi connectivity index (χ4v) is 1.82. The number of rotatable bonds is 5. The highest BCUT2D eigenvalue weighted by molar-refractivity contribution is 5.94. The smallest absolute Gasteiger partial charge is 0.251 e. The molecule has 0 saturated heterocycles. The average molecular weight is 309 g/mol. The van der Waals surface area contributed by atoms with Crippen LogP contribution in [0, 0.1) is 11.3 Å². The summed E-state index contributed by atoms with van der Waals surface area (Å²) in [6.07, 6.45) is 0. The summed E-state index contributed by atoms with van der Waals surface area (Å²) >= 11 is 0. The van der Waals surface area contributed by atoms with Crippen LogP contribution in [-0.2, 0) is 0 Å². The number of nitrogens with one attached hydrogen (secondary N) is 1. The van der Waals surface area contributed by atoms with Gasteiger partial charge in [0.2, 0.25) is 0 Å². The van der Waals surface area contributed by atoms with Crippen LogP contribution in [0.1, 0.15) is 29.8 Å². The fraction of sp³-hybridized carbons (Fsp3) is 0.222. The Hall–Kier alpha value is -2.84. The van der Waals surface area contributed by atoms with Gasteiger partial charge in [0.1, 0.15) is 11.5 Å². The second-order valence-corrected chi connectivity index (χ2v) is 5.93. The fourth-order valence-electron chi connectivity index (χ4n) is 1.82. The summed E-state index contributed by atoms with van der Waals surface area (Å²) < 4.78 is 5.67. The molecular weight excluding hydrogens is 290 g/mol. The Morgan fingerprint density at radius 2 is 1.65 bits per heavy atom. The molecule has 2 aromatic carbocycles. The molecule has 2 aromatic rings. The molecule has 0 bridgehead atoms. The van der Waals surface area contributed by atoms with E-state index in [-0.39, 0.29) is 5.91 Å². The zero-order valence-electron chi connectivity index (χ0n) is 13.2. The Bertz CT molecular complexity index is 708. The first-order valence-corrected chi connectivity index (χ1v) is 7.22. The zero-order chi connectivity index (χ0) is 16.9. The van der Waals surface area contributed by atoms with E-state index in [4.69, 9.17) is 15.7 Å². The Labute approximate surface area is 135 Å². The van der Waals surface area contributed by atoms with Crippen LogP contribution in [0.4, 0.5) is 0 Å². The van der Waals surface area contributed by atoms with E-state index in [2.05, 4.69) is 11.4 Å². The second-order valence-electron chi connectivity index (χ2n) is 5.93. The summed E-state index contributed by atoms with van der Waals surface area (Å²) in [4.78, 5) is 12.0. The van der Waals surface area contributed by atoms with Gasteiger partial charge >= 0.3 is 0 Å². The van der Waals surface area contributed by atoms with Crippen molar-refractivity contribution in [3.63, 3.8) is 0 Å². The molecule has 23 heavy (non-hydrogen) atoms. The third-order valence-electron chi connectivity index (χ3n) is 3.04. The minimum absolute atomic E-state index is 0.173. The van der Waals surface area contributed by atoms with Crippen molar-refractivity contribution >= 4 is 5.91 Å². The van der Waals surface area contributed by atoms with Gasteiger partial charge in [-0.05, 0) is 62.4 Å². The lowest BCUT2D eigenvalue weighted by atomic mass is 10.1. The molecule has 118 valence electrons. The minimum atomic E-state index is -0.450. The molecule has 0 atom stereocenters. The predicted octanol–water partition coefficient (Wildman–Crippen LogP) is 2.82. The summed E-state index contributed by atoms with van der Waals surface area (Å²) in [6, 6.07) is 15.7. The number of hydrogen-bond acceptors (Lipinski definition) is 4. The Morgan fingerprint density at radius 1 is 1.13 bits per heavy atom. The van der Waals surface area contributed by atoms with Gasteiger partial charge in [-0.15, -0.1) is 0 Å². The maximum absolute atomic E-state index is 12.0. The number of nitrogens with two attached hydrogens (primary N) is 1. The monoisotopic (exact) mass is 309 g/mol. The molecule has 1 amide bonds. The van der Waals surface area contributed by atoms with Crippen LogP contribution in [-0.4, -0.2) is 18.0 Å². The Kier molecular flexibility index (Phi) is 4.99. The van der Waals surface area contributed by atoms with Crippen LogP contribution in [0.2, 0.25) is 0 Å². The molecule has 0 fully saturated rings. The number of amides is 1. The molecule has 3 N–H and O–H groups in total. The Morgan fingerprint density at radius 3 is 2.13 bits per heavy atom. The van der Waals surface area contributed by atoms with Crippen LogP contribution < -0.4 is 15.8 Å². The maximum Gasteiger partial charge on any atom is 0.251 e. The molecule has 5 nitrogen and oxygen atoms in total. The quantitative estimate of drug-likeness (QED) is 0.889. The van der Waals surface area contributed by atoms with Gasteiger partial charge in [-0.1, -0.05) is 0 Å². The largest absolute Gasteiger partial charge is 0.457 e. The lowest BCUT2D eigenvalue weighted by molar-refractivity contribution is 0.0946. The molecular formula is C18H19N3O2. The molecule has 0 spiro atoms. The highest BCUT2D eigenvalue weighted by atomic mass is 16.5. The summed E-state index contributed by atoms with van der Waals surface area (Å²) in [5, 5.41) is 11.5. The maximum atomic E-state index is 12.0. The van der Waals surface area contributed by atoms with Crippen LogP contribution in [0.15, 0.2) is 48.5 Å². The molecule has 0 aromatic heterocycles. The number of nitriles is 1. The first kappa shape index (κ1) is 16.5. The van der Waals surface area contributed by atoms with Gasteiger partial charge < -0.3 is 15.8 Å². The molecule has 2 rings (SSSR count). The summed E-state index contributed by atoms with van der Waals surface area (Å²) in [5.74, 6) is 1.07. The molecule has 0 heterocycles. The molecule has 0 aliphatic carbocycles. The predicted molar refractivity (Wildman–Crippen MR) is 88.3 cm³/mol. The number of carbonyl (C=O) groups excluding carboxylic acids is 1.